The number of rotatable bonds is 2. The highest BCUT2D eigenvalue weighted by atomic mass is 35.5. The Morgan fingerprint density at radius 1 is 1.10 bits per heavy atom. The quantitative estimate of drug-likeness (QED) is 0.700. The van der Waals surface area contributed by atoms with Crippen LogP contribution in [0, 0.1) is 6.92 Å². The van der Waals surface area contributed by atoms with E-state index >= 15 is 0 Å². The third kappa shape index (κ3) is 2.38. The number of nitrogens with two attached hydrogens (primary N) is 1. The van der Waals surface area contributed by atoms with E-state index < -0.39 is 0 Å². The number of nitrogen functional groups attached to an aromatic ring is 1. The summed E-state index contributed by atoms with van der Waals surface area (Å²) in [4.78, 5) is 8.53. The predicted octanol–water partition coefficient (Wildman–Crippen LogP) is 3.92. The summed E-state index contributed by atoms with van der Waals surface area (Å²) in [6.07, 6.45) is 1.53. The largest absolute Gasteiger partial charge is 0.399 e. The van der Waals surface area contributed by atoms with E-state index in [0.29, 0.717) is 16.5 Å². The summed E-state index contributed by atoms with van der Waals surface area (Å²) >= 11 is 6.03. The molecule has 1 heterocycles. The van der Waals surface area contributed by atoms with Gasteiger partial charge in [-0.2, -0.15) is 0 Å². The van der Waals surface area contributed by atoms with Gasteiger partial charge in [0.1, 0.15) is 12.1 Å². The van der Waals surface area contributed by atoms with Crippen molar-refractivity contribution in [2.45, 2.75) is 6.92 Å². The average Bonchev–Trinajstić information content (AvgIpc) is 2.43. The number of fused-ring (bicyclic) bond motifs is 1. The van der Waals surface area contributed by atoms with Crippen LogP contribution in [0.5, 0.6) is 0 Å². The topological polar surface area (TPSA) is 63.8 Å². The first-order valence-electron chi connectivity index (χ1n) is 6.17. The lowest BCUT2D eigenvalue weighted by Crippen LogP contribution is -1.98. The zero-order chi connectivity index (χ0) is 14.1. The molecule has 0 saturated carbocycles. The Balaban J connectivity index is 2.10. The highest BCUT2D eigenvalue weighted by Gasteiger charge is 2.06. The molecule has 0 unspecified atom stereocenters. The van der Waals surface area contributed by atoms with Crippen LogP contribution in [-0.2, 0) is 0 Å². The fourth-order valence-electron chi connectivity index (χ4n) is 2.03. The number of anilines is 3. The van der Waals surface area contributed by atoms with Gasteiger partial charge in [0.2, 0.25) is 0 Å². The van der Waals surface area contributed by atoms with E-state index in [4.69, 9.17) is 17.3 Å². The van der Waals surface area contributed by atoms with Gasteiger partial charge in [-0.05, 0) is 42.8 Å². The Morgan fingerprint density at radius 3 is 2.80 bits per heavy atom. The second-order valence-corrected chi connectivity index (χ2v) is 5.02. The maximum Gasteiger partial charge on any atom is 0.141 e. The van der Waals surface area contributed by atoms with Gasteiger partial charge in [0.25, 0.3) is 0 Å². The molecule has 3 aromatic rings. The molecular weight excluding hydrogens is 272 g/mol. The van der Waals surface area contributed by atoms with Crippen LogP contribution >= 0.6 is 11.6 Å². The lowest BCUT2D eigenvalue weighted by molar-refractivity contribution is 1.21. The van der Waals surface area contributed by atoms with Crippen molar-refractivity contribution >= 4 is 39.7 Å². The Kier molecular flexibility index (Phi) is 3.16. The summed E-state index contributed by atoms with van der Waals surface area (Å²) in [7, 11) is 0. The third-order valence-electron chi connectivity index (χ3n) is 3.11. The van der Waals surface area contributed by atoms with Crippen molar-refractivity contribution in [3.05, 3.63) is 53.3 Å². The van der Waals surface area contributed by atoms with E-state index in [0.717, 1.165) is 22.2 Å². The molecule has 20 heavy (non-hydrogen) atoms. The molecular formula is C15H13ClN4. The predicted molar refractivity (Wildman–Crippen MR) is 83.4 cm³/mol. The van der Waals surface area contributed by atoms with Crippen LogP contribution in [0.4, 0.5) is 17.2 Å². The number of nitrogens with one attached hydrogen (secondary N) is 1. The second kappa shape index (κ2) is 4.98. The van der Waals surface area contributed by atoms with Gasteiger partial charge in [0, 0.05) is 21.8 Å². The Bertz CT molecular complexity index is 786. The molecule has 0 bridgehead atoms. The number of halogens is 1. The van der Waals surface area contributed by atoms with Gasteiger partial charge in [-0.25, -0.2) is 9.97 Å². The Morgan fingerprint density at radius 2 is 1.95 bits per heavy atom. The van der Waals surface area contributed by atoms with Crippen LogP contribution < -0.4 is 11.1 Å². The maximum absolute atomic E-state index is 6.03. The highest BCUT2D eigenvalue weighted by molar-refractivity contribution is 6.30. The van der Waals surface area contributed by atoms with Crippen LogP contribution in [0.2, 0.25) is 5.02 Å². The van der Waals surface area contributed by atoms with Gasteiger partial charge in [0.05, 0.1) is 5.52 Å². The molecule has 0 saturated heterocycles. The molecule has 4 nitrogen and oxygen atoms in total. The normalized spacial score (nSPS) is 10.7. The molecule has 0 aliphatic rings. The zero-order valence-corrected chi connectivity index (χ0v) is 11.6. The zero-order valence-electron chi connectivity index (χ0n) is 10.9. The van der Waals surface area contributed by atoms with Crippen LogP contribution in [0.3, 0.4) is 0 Å². The second-order valence-electron chi connectivity index (χ2n) is 4.58. The molecule has 0 radical (unpaired) electrons. The Hall–Kier alpha value is -2.33. The summed E-state index contributed by atoms with van der Waals surface area (Å²) in [6.45, 7) is 2.01. The van der Waals surface area contributed by atoms with Gasteiger partial charge in [-0.1, -0.05) is 17.7 Å². The van der Waals surface area contributed by atoms with Crippen molar-refractivity contribution in [3.63, 3.8) is 0 Å². The average molecular weight is 285 g/mol. The minimum atomic E-state index is 0.677. The SMILES string of the molecule is Cc1ccc(Cl)cc1Nc1ncnc2ccc(N)cc12. The molecule has 0 fully saturated rings. The first-order valence-corrected chi connectivity index (χ1v) is 6.55. The van der Waals surface area contributed by atoms with Gasteiger partial charge in [-0.15, -0.1) is 0 Å². The molecule has 0 amide bonds. The minimum Gasteiger partial charge on any atom is -0.399 e. The third-order valence-corrected chi connectivity index (χ3v) is 3.35. The molecule has 2 aromatic carbocycles. The summed E-state index contributed by atoms with van der Waals surface area (Å²) in [5.41, 5.74) is 9.36. The molecule has 5 heteroatoms. The van der Waals surface area contributed by atoms with Crippen molar-refractivity contribution in [1.82, 2.24) is 9.97 Å². The maximum atomic E-state index is 6.03. The van der Waals surface area contributed by atoms with Gasteiger partial charge in [-0.3, -0.25) is 0 Å². The molecule has 0 spiro atoms. The van der Waals surface area contributed by atoms with Crippen molar-refractivity contribution in [1.29, 1.82) is 0 Å². The van der Waals surface area contributed by atoms with Gasteiger partial charge >= 0.3 is 0 Å². The highest BCUT2D eigenvalue weighted by Crippen LogP contribution is 2.27. The van der Waals surface area contributed by atoms with E-state index in [1.807, 2.05) is 43.3 Å². The lowest BCUT2D eigenvalue weighted by atomic mass is 10.2. The van der Waals surface area contributed by atoms with Crippen LogP contribution in [0.1, 0.15) is 5.56 Å². The standard InChI is InChI=1S/C15H13ClN4/c1-9-2-3-10(16)6-14(9)20-15-12-7-11(17)4-5-13(12)18-8-19-15/h2-8H,17H2,1H3,(H,18,19,20). The lowest BCUT2D eigenvalue weighted by Gasteiger charge is -2.11. The molecule has 3 N–H and O–H groups in total. The van der Waals surface area contributed by atoms with Gasteiger partial charge in [0.15, 0.2) is 0 Å². The van der Waals surface area contributed by atoms with Crippen LogP contribution in [-0.4, -0.2) is 9.97 Å². The number of hydrogen-bond acceptors (Lipinski definition) is 4. The van der Waals surface area contributed by atoms with Crippen molar-refractivity contribution in [2.75, 3.05) is 11.1 Å². The fourth-order valence-corrected chi connectivity index (χ4v) is 2.20. The van der Waals surface area contributed by atoms with Gasteiger partial charge < -0.3 is 11.1 Å². The van der Waals surface area contributed by atoms with E-state index in [1.54, 1.807) is 0 Å². The van der Waals surface area contributed by atoms with Crippen LogP contribution in [0.15, 0.2) is 42.7 Å². The molecule has 100 valence electrons. The summed E-state index contributed by atoms with van der Waals surface area (Å²) in [5, 5.41) is 4.85. The molecule has 0 atom stereocenters. The first kappa shape index (κ1) is 12.7. The van der Waals surface area contributed by atoms with E-state index in [9.17, 15) is 0 Å². The molecule has 0 aliphatic carbocycles. The Labute approximate surface area is 121 Å². The number of hydrogen-bond donors (Lipinski definition) is 2. The monoisotopic (exact) mass is 284 g/mol. The van der Waals surface area contributed by atoms with E-state index in [1.165, 1.54) is 6.33 Å². The molecule has 0 aliphatic heterocycles. The van der Waals surface area contributed by atoms with E-state index in [2.05, 4.69) is 15.3 Å². The summed E-state index contributed by atoms with van der Waals surface area (Å²) in [5.74, 6) is 0.715. The number of aromatic nitrogens is 2. The van der Waals surface area contributed by atoms with Crippen molar-refractivity contribution in [2.24, 2.45) is 0 Å². The summed E-state index contributed by atoms with van der Waals surface area (Å²) in [6, 6.07) is 11.3. The smallest absolute Gasteiger partial charge is 0.141 e. The van der Waals surface area contributed by atoms with Crippen LogP contribution in [0.25, 0.3) is 10.9 Å². The van der Waals surface area contributed by atoms with Crippen molar-refractivity contribution < 1.29 is 0 Å². The van der Waals surface area contributed by atoms with E-state index in [-0.39, 0.29) is 0 Å². The fraction of sp³-hybridized carbons (Fsp3) is 0.0667. The molecule has 1 aromatic heterocycles. The molecule has 3 rings (SSSR count). The first-order chi connectivity index (χ1) is 9.63. The minimum absolute atomic E-state index is 0.677. The number of nitrogens with zero attached hydrogens (tertiary/aromatic N) is 2. The summed E-state index contributed by atoms with van der Waals surface area (Å²) < 4.78 is 0. The number of aryl methyl sites for hydroxylation is 1. The van der Waals surface area contributed by atoms with Crippen molar-refractivity contribution in [3.8, 4) is 0 Å². The number of benzene rings is 2.